The average molecular weight is 266 g/mol. The maximum atomic E-state index is 9.69. The zero-order valence-corrected chi connectivity index (χ0v) is 11.0. The van der Waals surface area contributed by atoms with Gasteiger partial charge in [0.25, 0.3) is 0 Å². The number of benzene rings is 1. The van der Waals surface area contributed by atoms with Crippen LogP contribution in [0.15, 0.2) is 33.7 Å². The first-order valence-electron chi connectivity index (χ1n) is 5.46. The Labute approximate surface area is 109 Å². The summed E-state index contributed by atoms with van der Waals surface area (Å²) >= 11 is 1.47. The van der Waals surface area contributed by atoms with Crippen molar-refractivity contribution in [2.24, 2.45) is 0 Å². The third-order valence-corrected chi connectivity index (χ3v) is 3.43. The number of aromatic hydroxyl groups is 1. The molecule has 0 fully saturated rings. The van der Waals surface area contributed by atoms with Gasteiger partial charge >= 0.3 is 0 Å². The fraction of sp³-hybridized carbons (Fsp3) is 0.333. The largest absolute Gasteiger partial charge is 0.507 e. The molecule has 0 saturated carbocycles. The van der Waals surface area contributed by atoms with Crippen LogP contribution in [0.5, 0.6) is 5.75 Å². The van der Waals surface area contributed by atoms with Crippen molar-refractivity contribution in [3.8, 4) is 5.75 Å². The highest BCUT2D eigenvalue weighted by Gasteiger charge is 2.16. The van der Waals surface area contributed by atoms with E-state index in [9.17, 15) is 5.11 Å². The van der Waals surface area contributed by atoms with E-state index in [0.717, 1.165) is 4.90 Å². The molecule has 18 heavy (non-hydrogen) atoms. The normalized spacial score (nSPS) is 12.6. The third kappa shape index (κ3) is 3.02. The van der Waals surface area contributed by atoms with Crippen LogP contribution in [0.1, 0.15) is 23.9 Å². The minimum absolute atomic E-state index is 0.0311. The molecule has 0 amide bonds. The Hall–Kier alpha value is -1.53. The lowest BCUT2D eigenvalue weighted by Gasteiger charge is -2.07. The minimum Gasteiger partial charge on any atom is -0.507 e. The molecule has 0 saturated heterocycles. The molecule has 6 heteroatoms. The quantitative estimate of drug-likeness (QED) is 0.839. The van der Waals surface area contributed by atoms with Gasteiger partial charge in [0, 0.05) is 12.0 Å². The van der Waals surface area contributed by atoms with Crippen LogP contribution in [0.25, 0.3) is 0 Å². The van der Waals surface area contributed by atoms with Crippen LogP contribution in [0.2, 0.25) is 0 Å². The van der Waals surface area contributed by atoms with Gasteiger partial charge in [0.15, 0.2) is 5.82 Å². The minimum atomic E-state index is -0.0311. The molecule has 5 nitrogen and oxygen atoms in total. The zero-order valence-electron chi connectivity index (χ0n) is 10.2. The molecule has 0 radical (unpaired) electrons. The van der Waals surface area contributed by atoms with Gasteiger partial charge in [0.2, 0.25) is 5.89 Å². The first-order chi connectivity index (χ1) is 8.70. The van der Waals surface area contributed by atoms with Crippen LogP contribution in [0.3, 0.4) is 0 Å². The van der Waals surface area contributed by atoms with Gasteiger partial charge in [-0.3, -0.25) is 0 Å². The summed E-state index contributed by atoms with van der Waals surface area (Å²) in [5, 5.41) is 13.5. The van der Waals surface area contributed by atoms with Crippen molar-refractivity contribution in [3.63, 3.8) is 0 Å². The molecule has 0 aliphatic rings. The highest BCUT2D eigenvalue weighted by atomic mass is 32.2. The molecule has 0 aliphatic heterocycles. The van der Waals surface area contributed by atoms with Gasteiger partial charge in [-0.05, 0) is 19.1 Å². The van der Waals surface area contributed by atoms with E-state index in [0.29, 0.717) is 18.3 Å². The number of hydrogen-bond acceptors (Lipinski definition) is 6. The van der Waals surface area contributed by atoms with E-state index in [1.807, 2.05) is 19.1 Å². The summed E-state index contributed by atoms with van der Waals surface area (Å²) in [5.41, 5.74) is 0. The second-order valence-electron chi connectivity index (χ2n) is 3.71. The van der Waals surface area contributed by atoms with Crippen molar-refractivity contribution in [2.45, 2.75) is 23.7 Å². The molecule has 0 unspecified atom stereocenters. The maximum absolute atomic E-state index is 9.69. The van der Waals surface area contributed by atoms with Crippen LogP contribution >= 0.6 is 11.8 Å². The molecule has 96 valence electrons. The van der Waals surface area contributed by atoms with Crippen molar-refractivity contribution in [1.29, 1.82) is 0 Å². The van der Waals surface area contributed by atoms with Crippen molar-refractivity contribution in [3.05, 3.63) is 36.0 Å². The fourth-order valence-electron chi connectivity index (χ4n) is 1.42. The molecular formula is C12H14N2O3S. The van der Waals surface area contributed by atoms with E-state index in [2.05, 4.69) is 10.1 Å². The fourth-order valence-corrected chi connectivity index (χ4v) is 2.34. The molecule has 0 aliphatic carbocycles. The molecule has 0 spiro atoms. The number of rotatable bonds is 5. The summed E-state index contributed by atoms with van der Waals surface area (Å²) in [7, 11) is 1.58. The molecule has 1 N–H and O–H groups in total. The van der Waals surface area contributed by atoms with Gasteiger partial charge < -0.3 is 14.4 Å². The molecule has 1 heterocycles. The number of methoxy groups -OCH3 is 1. The van der Waals surface area contributed by atoms with Crippen molar-refractivity contribution < 1.29 is 14.4 Å². The van der Waals surface area contributed by atoms with E-state index in [4.69, 9.17) is 9.26 Å². The van der Waals surface area contributed by atoms with Gasteiger partial charge in [-0.15, -0.1) is 11.8 Å². The van der Waals surface area contributed by atoms with Crippen molar-refractivity contribution in [1.82, 2.24) is 10.1 Å². The smallest absolute Gasteiger partial charge is 0.239 e. The predicted molar refractivity (Wildman–Crippen MR) is 67.4 cm³/mol. The van der Waals surface area contributed by atoms with E-state index in [1.165, 1.54) is 11.8 Å². The van der Waals surface area contributed by atoms with Crippen LogP contribution < -0.4 is 0 Å². The van der Waals surface area contributed by atoms with Crippen molar-refractivity contribution in [2.75, 3.05) is 7.11 Å². The monoisotopic (exact) mass is 266 g/mol. The van der Waals surface area contributed by atoms with Gasteiger partial charge in [-0.2, -0.15) is 4.98 Å². The number of thioether (sulfide) groups is 1. The summed E-state index contributed by atoms with van der Waals surface area (Å²) in [6, 6.07) is 7.16. The summed E-state index contributed by atoms with van der Waals surface area (Å²) in [6.45, 7) is 2.28. The first kappa shape index (κ1) is 12.9. The van der Waals surface area contributed by atoms with Gasteiger partial charge in [-0.1, -0.05) is 17.3 Å². The molecule has 1 aromatic heterocycles. The summed E-state index contributed by atoms with van der Waals surface area (Å²) in [6.07, 6.45) is 0. The number of hydrogen-bond donors (Lipinski definition) is 1. The number of para-hydroxylation sites is 1. The Kier molecular flexibility index (Phi) is 4.22. The van der Waals surface area contributed by atoms with Gasteiger partial charge in [0.05, 0.1) is 5.25 Å². The lowest BCUT2D eigenvalue weighted by Crippen LogP contribution is -1.92. The number of phenolic OH excluding ortho intramolecular Hbond substituents is 1. The number of nitrogens with zero attached hydrogens (tertiary/aromatic N) is 2. The Morgan fingerprint density at radius 3 is 2.94 bits per heavy atom. The van der Waals surface area contributed by atoms with Crippen LogP contribution in [-0.4, -0.2) is 22.4 Å². The third-order valence-electron chi connectivity index (χ3n) is 2.27. The van der Waals surface area contributed by atoms with Crippen LogP contribution in [-0.2, 0) is 11.3 Å². The number of ether oxygens (including phenoxy) is 1. The summed E-state index contributed by atoms with van der Waals surface area (Å²) in [5.74, 6) is 1.30. The lowest BCUT2D eigenvalue weighted by molar-refractivity contribution is 0.174. The lowest BCUT2D eigenvalue weighted by atomic mass is 10.3. The Balaban J connectivity index is 2.07. The maximum Gasteiger partial charge on any atom is 0.239 e. The summed E-state index contributed by atoms with van der Waals surface area (Å²) in [4.78, 5) is 5.01. The molecular weight excluding hydrogens is 252 g/mol. The average Bonchev–Trinajstić information content (AvgIpc) is 2.81. The van der Waals surface area contributed by atoms with E-state index in [1.54, 1.807) is 19.2 Å². The molecule has 2 aromatic rings. The van der Waals surface area contributed by atoms with Crippen LogP contribution in [0.4, 0.5) is 0 Å². The molecule has 2 rings (SSSR count). The predicted octanol–water partition coefficient (Wildman–Crippen LogP) is 2.77. The second-order valence-corrected chi connectivity index (χ2v) is 5.09. The number of phenols is 1. The van der Waals surface area contributed by atoms with Crippen LogP contribution in [0, 0.1) is 0 Å². The first-order valence-corrected chi connectivity index (χ1v) is 6.34. The molecule has 1 atom stereocenters. The Morgan fingerprint density at radius 1 is 1.44 bits per heavy atom. The van der Waals surface area contributed by atoms with E-state index >= 15 is 0 Å². The Morgan fingerprint density at radius 2 is 2.22 bits per heavy atom. The van der Waals surface area contributed by atoms with Gasteiger partial charge in [0.1, 0.15) is 12.4 Å². The van der Waals surface area contributed by atoms with E-state index < -0.39 is 0 Å². The number of aromatic nitrogens is 2. The topological polar surface area (TPSA) is 68.4 Å². The zero-order chi connectivity index (χ0) is 13.0. The van der Waals surface area contributed by atoms with Gasteiger partial charge in [-0.25, -0.2) is 0 Å². The highest BCUT2D eigenvalue weighted by Crippen LogP contribution is 2.38. The molecule has 0 bridgehead atoms. The molecule has 1 aromatic carbocycles. The standard InChI is InChI=1S/C12H14N2O3S/c1-8(12-13-11(7-16-2)14-17-12)18-10-6-4-3-5-9(10)15/h3-6,8,15H,7H2,1-2H3/t8-/m1/s1. The summed E-state index contributed by atoms with van der Waals surface area (Å²) < 4.78 is 10.1. The second kappa shape index (κ2) is 5.88. The Bertz CT molecular complexity index is 516. The van der Waals surface area contributed by atoms with Crippen molar-refractivity contribution >= 4 is 11.8 Å². The SMILES string of the molecule is COCc1noc([C@@H](C)Sc2ccccc2O)n1. The van der Waals surface area contributed by atoms with E-state index in [-0.39, 0.29) is 11.0 Å². The highest BCUT2D eigenvalue weighted by molar-refractivity contribution is 7.99.